The second-order valence-corrected chi connectivity index (χ2v) is 8.11. The molecule has 4 aliphatic heterocycles. The van der Waals surface area contributed by atoms with Crippen LogP contribution >= 0.6 is 0 Å². The predicted octanol–water partition coefficient (Wildman–Crippen LogP) is -0.0107. The summed E-state index contributed by atoms with van der Waals surface area (Å²) < 4.78 is 0. The molecular formula is C20H29N5O2. The molecule has 3 N–H and O–H groups in total. The van der Waals surface area contributed by atoms with Gasteiger partial charge < -0.3 is 25.8 Å². The van der Waals surface area contributed by atoms with Crippen LogP contribution in [0.25, 0.3) is 0 Å². The van der Waals surface area contributed by atoms with Crippen LogP contribution in [-0.2, 0) is 10.2 Å². The van der Waals surface area contributed by atoms with E-state index in [1.165, 1.54) is 12.5 Å². The summed E-state index contributed by atoms with van der Waals surface area (Å²) in [5.41, 5.74) is 1.24. The van der Waals surface area contributed by atoms with Crippen molar-refractivity contribution >= 4 is 11.9 Å². The lowest BCUT2D eigenvalue weighted by molar-refractivity contribution is -0.118. The van der Waals surface area contributed by atoms with Crippen molar-refractivity contribution in [3.63, 3.8) is 0 Å². The Morgan fingerprint density at radius 2 is 1.67 bits per heavy atom. The topological polar surface area (TPSA) is 76.7 Å². The van der Waals surface area contributed by atoms with E-state index < -0.39 is 0 Å². The molecule has 7 heteroatoms. The number of benzene rings is 1. The summed E-state index contributed by atoms with van der Waals surface area (Å²) in [4.78, 5) is 28.7. The Morgan fingerprint density at radius 1 is 1.04 bits per heavy atom. The van der Waals surface area contributed by atoms with Gasteiger partial charge in [-0.15, -0.1) is 0 Å². The third-order valence-corrected chi connectivity index (χ3v) is 6.22. The highest BCUT2D eigenvalue weighted by Gasteiger charge is 2.55. The molecular weight excluding hydrogens is 342 g/mol. The van der Waals surface area contributed by atoms with E-state index in [0.717, 1.165) is 39.3 Å². The van der Waals surface area contributed by atoms with E-state index in [1.54, 1.807) is 0 Å². The van der Waals surface area contributed by atoms with Gasteiger partial charge in [0.05, 0.1) is 0 Å². The zero-order valence-corrected chi connectivity index (χ0v) is 15.9. The van der Waals surface area contributed by atoms with E-state index in [0.29, 0.717) is 19.0 Å². The maximum Gasteiger partial charge on any atom is 0.315 e. The first-order valence-electron chi connectivity index (χ1n) is 9.86. The standard InChI is InChI=1S/C20H29N5O2/c1-15(26)21-7-8-22-19(27)23-18-16-11-24-9-10-25(12-16)14-20(18,13-24)17-5-3-2-4-6-17/h2-6,16,18H,7-14H2,1H3,(H,21,26)(H2,22,23,27). The maximum atomic E-state index is 12.6. The van der Waals surface area contributed by atoms with Gasteiger partial charge in [0.15, 0.2) is 0 Å². The van der Waals surface area contributed by atoms with Crippen LogP contribution in [0.1, 0.15) is 12.5 Å². The van der Waals surface area contributed by atoms with E-state index in [-0.39, 0.29) is 23.4 Å². The first kappa shape index (κ1) is 18.3. The summed E-state index contributed by atoms with van der Waals surface area (Å²) in [5.74, 6) is 0.344. The summed E-state index contributed by atoms with van der Waals surface area (Å²) in [6.07, 6.45) is 0. The second-order valence-electron chi connectivity index (χ2n) is 8.11. The van der Waals surface area contributed by atoms with E-state index in [4.69, 9.17) is 0 Å². The monoisotopic (exact) mass is 371 g/mol. The fourth-order valence-electron chi connectivity index (χ4n) is 5.18. The molecule has 4 saturated heterocycles. The normalized spacial score (nSPS) is 34.0. The van der Waals surface area contributed by atoms with E-state index in [2.05, 4.69) is 56.1 Å². The highest BCUT2D eigenvalue weighted by molar-refractivity contribution is 5.75. The van der Waals surface area contributed by atoms with Crippen LogP contribution in [0.3, 0.4) is 0 Å². The van der Waals surface area contributed by atoms with Crippen molar-refractivity contribution < 1.29 is 9.59 Å². The Kier molecular flexibility index (Phi) is 5.06. The Hall–Kier alpha value is -2.12. The number of carbonyl (C=O) groups excluding carboxylic acids is 2. The van der Waals surface area contributed by atoms with Gasteiger partial charge in [-0.05, 0) is 5.56 Å². The van der Waals surface area contributed by atoms with Crippen molar-refractivity contribution in [1.29, 1.82) is 0 Å². The number of hydrogen-bond acceptors (Lipinski definition) is 4. The molecule has 5 rings (SSSR count). The molecule has 0 radical (unpaired) electrons. The Labute approximate surface area is 160 Å². The number of carbonyl (C=O) groups is 2. The van der Waals surface area contributed by atoms with Gasteiger partial charge in [0.2, 0.25) is 5.91 Å². The second kappa shape index (κ2) is 7.48. The third-order valence-electron chi connectivity index (χ3n) is 6.22. The molecule has 1 aromatic carbocycles. The third kappa shape index (κ3) is 3.66. The molecule has 1 aromatic rings. The van der Waals surface area contributed by atoms with Crippen LogP contribution in [0.5, 0.6) is 0 Å². The van der Waals surface area contributed by atoms with Crippen LogP contribution < -0.4 is 16.0 Å². The van der Waals surface area contributed by atoms with Crippen LogP contribution in [0.4, 0.5) is 4.79 Å². The minimum Gasteiger partial charge on any atom is -0.355 e. The molecule has 0 aliphatic carbocycles. The Balaban J connectivity index is 1.52. The number of urea groups is 1. The molecule has 7 nitrogen and oxygen atoms in total. The smallest absolute Gasteiger partial charge is 0.315 e. The van der Waals surface area contributed by atoms with Gasteiger partial charge in [0.25, 0.3) is 0 Å². The van der Waals surface area contributed by atoms with Crippen LogP contribution in [0, 0.1) is 5.92 Å². The van der Waals surface area contributed by atoms with E-state index in [1.807, 2.05) is 0 Å². The molecule has 4 fully saturated rings. The van der Waals surface area contributed by atoms with Gasteiger partial charge in [-0.2, -0.15) is 0 Å². The molecule has 27 heavy (non-hydrogen) atoms. The number of hydrogen-bond donors (Lipinski definition) is 3. The summed E-state index contributed by atoms with van der Waals surface area (Å²) >= 11 is 0. The first-order valence-corrected chi connectivity index (χ1v) is 9.86. The van der Waals surface area contributed by atoms with Crippen molar-refractivity contribution in [2.75, 3.05) is 52.4 Å². The average Bonchev–Trinajstić information content (AvgIpc) is 2.90. The number of amides is 3. The number of rotatable bonds is 5. The molecule has 3 atom stereocenters. The summed E-state index contributed by atoms with van der Waals surface area (Å²) in [6, 6.07) is 10.6. The summed E-state index contributed by atoms with van der Waals surface area (Å²) in [5, 5.41) is 8.89. The highest BCUT2D eigenvalue weighted by atomic mass is 16.2. The molecule has 146 valence electrons. The molecule has 4 aliphatic rings. The predicted molar refractivity (Wildman–Crippen MR) is 103 cm³/mol. The van der Waals surface area contributed by atoms with Crippen LogP contribution in [0.15, 0.2) is 30.3 Å². The number of nitrogens with zero attached hydrogens (tertiary/aromatic N) is 2. The maximum absolute atomic E-state index is 12.6. The van der Waals surface area contributed by atoms with Gasteiger partial charge in [-0.25, -0.2) is 4.79 Å². The van der Waals surface area contributed by atoms with Gasteiger partial charge in [-0.3, -0.25) is 4.79 Å². The van der Waals surface area contributed by atoms with Crippen molar-refractivity contribution in [2.45, 2.75) is 18.4 Å². The van der Waals surface area contributed by atoms with Gasteiger partial charge in [-0.1, -0.05) is 30.3 Å². The highest BCUT2D eigenvalue weighted by Crippen LogP contribution is 2.43. The minimum absolute atomic E-state index is 0.0755. The van der Waals surface area contributed by atoms with Gasteiger partial charge in [0.1, 0.15) is 0 Å². The van der Waals surface area contributed by atoms with Crippen molar-refractivity contribution in [1.82, 2.24) is 25.8 Å². The van der Waals surface area contributed by atoms with Gasteiger partial charge >= 0.3 is 6.03 Å². The summed E-state index contributed by atoms with van der Waals surface area (Å²) in [6.45, 7) is 8.64. The summed E-state index contributed by atoms with van der Waals surface area (Å²) in [7, 11) is 0. The van der Waals surface area contributed by atoms with Crippen molar-refractivity contribution in [3.8, 4) is 0 Å². The molecule has 0 aromatic heterocycles. The largest absolute Gasteiger partial charge is 0.355 e. The van der Waals surface area contributed by atoms with Crippen molar-refractivity contribution in [3.05, 3.63) is 35.9 Å². The molecule has 0 spiro atoms. The van der Waals surface area contributed by atoms with Crippen LogP contribution in [0.2, 0.25) is 0 Å². The van der Waals surface area contributed by atoms with E-state index >= 15 is 0 Å². The number of nitrogens with one attached hydrogen (secondary N) is 3. The zero-order valence-electron chi connectivity index (χ0n) is 15.9. The SMILES string of the molecule is CC(=O)NCCNC(=O)NC1C2CN3CCN(C2)CC1(c1ccccc1)C3. The molecule has 4 bridgehead atoms. The minimum atomic E-state index is -0.142. The average molecular weight is 371 g/mol. The first-order chi connectivity index (χ1) is 13.1. The zero-order chi connectivity index (χ0) is 18.9. The molecule has 4 heterocycles. The quantitative estimate of drug-likeness (QED) is 0.637. The van der Waals surface area contributed by atoms with E-state index in [9.17, 15) is 9.59 Å². The fourth-order valence-corrected chi connectivity index (χ4v) is 5.18. The number of piperidine rings is 2. The fraction of sp³-hybridized carbons (Fsp3) is 0.600. The Bertz CT molecular complexity index is 679. The lowest BCUT2D eigenvalue weighted by Gasteiger charge is -2.55. The Morgan fingerprint density at radius 3 is 2.30 bits per heavy atom. The van der Waals surface area contributed by atoms with Crippen LogP contribution in [-0.4, -0.2) is 80.1 Å². The number of fused-ring (bicyclic) bond motifs is 1. The molecule has 0 saturated carbocycles. The lowest BCUT2D eigenvalue weighted by Crippen LogP contribution is -2.71. The molecule has 3 amide bonds. The van der Waals surface area contributed by atoms with Crippen molar-refractivity contribution in [2.24, 2.45) is 5.92 Å². The van der Waals surface area contributed by atoms with Gasteiger partial charge in [0, 0.05) is 76.7 Å². The molecule has 3 unspecified atom stereocenters. The lowest BCUT2D eigenvalue weighted by atomic mass is 9.64.